The molecule has 7 heteroatoms. The molecule has 0 radical (unpaired) electrons. The Balaban J connectivity index is 2.14. The second-order valence-corrected chi connectivity index (χ2v) is 2.65. The summed E-state index contributed by atoms with van der Waals surface area (Å²) in [6.45, 7) is 0. The quantitative estimate of drug-likeness (QED) is 0.606. The number of nitro groups is 1. The van der Waals surface area contributed by atoms with Crippen molar-refractivity contribution in [3.8, 4) is 11.5 Å². The van der Waals surface area contributed by atoms with E-state index in [1.54, 1.807) is 6.20 Å². The standard InChI is InChI=1S/C8H6N4O3/c13-12(14)8-2-1-6(3-9-8)15-7-4-10-11-5-7/h1-5H,(H,10,11). The van der Waals surface area contributed by atoms with Crippen molar-refractivity contribution in [1.82, 2.24) is 15.2 Å². The molecular formula is C8H6N4O3. The van der Waals surface area contributed by atoms with Gasteiger partial charge in [-0.2, -0.15) is 5.10 Å². The van der Waals surface area contributed by atoms with Gasteiger partial charge in [0.15, 0.2) is 17.7 Å². The van der Waals surface area contributed by atoms with E-state index in [0.717, 1.165) is 0 Å². The predicted octanol–water partition coefficient (Wildman–Crippen LogP) is 1.51. The molecule has 2 heterocycles. The third kappa shape index (κ3) is 2.08. The Morgan fingerprint density at radius 1 is 1.33 bits per heavy atom. The number of rotatable bonds is 3. The highest BCUT2D eigenvalue weighted by Crippen LogP contribution is 2.20. The first-order valence-electron chi connectivity index (χ1n) is 4.03. The van der Waals surface area contributed by atoms with E-state index in [2.05, 4.69) is 15.2 Å². The zero-order valence-corrected chi connectivity index (χ0v) is 7.45. The van der Waals surface area contributed by atoms with Crippen LogP contribution in [0.15, 0.2) is 30.7 Å². The van der Waals surface area contributed by atoms with Crippen LogP contribution < -0.4 is 4.74 Å². The summed E-state index contributed by atoms with van der Waals surface area (Å²) in [5, 5.41) is 16.6. The molecule has 76 valence electrons. The molecule has 0 spiro atoms. The third-order valence-electron chi connectivity index (χ3n) is 1.62. The number of hydrogen-bond donors (Lipinski definition) is 1. The molecule has 0 unspecified atom stereocenters. The summed E-state index contributed by atoms with van der Waals surface area (Å²) in [6.07, 6.45) is 4.33. The molecular weight excluding hydrogens is 200 g/mol. The average Bonchev–Trinajstić information content (AvgIpc) is 2.71. The van der Waals surface area contributed by atoms with Crippen molar-refractivity contribution < 1.29 is 9.66 Å². The molecule has 0 aliphatic carbocycles. The second-order valence-electron chi connectivity index (χ2n) is 2.65. The van der Waals surface area contributed by atoms with Crippen molar-refractivity contribution in [1.29, 1.82) is 0 Å². The molecule has 15 heavy (non-hydrogen) atoms. The molecule has 0 amide bonds. The number of hydrogen-bond acceptors (Lipinski definition) is 5. The van der Waals surface area contributed by atoms with Gasteiger partial charge in [-0.25, -0.2) is 0 Å². The minimum atomic E-state index is -0.568. The van der Waals surface area contributed by atoms with Crippen molar-refractivity contribution in [2.24, 2.45) is 0 Å². The summed E-state index contributed by atoms with van der Waals surface area (Å²) >= 11 is 0. The zero-order chi connectivity index (χ0) is 10.7. The smallest absolute Gasteiger partial charge is 0.363 e. The van der Waals surface area contributed by atoms with Gasteiger partial charge in [0.05, 0.1) is 12.4 Å². The van der Waals surface area contributed by atoms with E-state index < -0.39 is 4.92 Å². The van der Waals surface area contributed by atoms with Crippen LogP contribution in [0, 0.1) is 10.1 Å². The van der Waals surface area contributed by atoms with Crippen molar-refractivity contribution in [2.45, 2.75) is 0 Å². The number of H-pyrrole nitrogens is 1. The van der Waals surface area contributed by atoms with Crippen LogP contribution in [0.25, 0.3) is 0 Å². The van der Waals surface area contributed by atoms with Gasteiger partial charge in [-0.15, -0.1) is 0 Å². The first-order valence-corrected chi connectivity index (χ1v) is 4.03. The number of aromatic nitrogens is 3. The van der Waals surface area contributed by atoms with Gasteiger partial charge in [-0.05, 0) is 16.0 Å². The fourth-order valence-electron chi connectivity index (χ4n) is 0.972. The number of nitrogens with one attached hydrogen (secondary N) is 1. The summed E-state index contributed by atoms with van der Waals surface area (Å²) < 4.78 is 5.27. The molecule has 2 aromatic rings. The van der Waals surface area contributed by atoms with Crippen LogP contribution in [0.5, 0.6) is 11.5 Å². The van der Waals surface area contributed by atoms with E-state index in [9.17, 15) is 10.1 Å². The van der Waals surface area contributed by atoms with Crippen LogP contribution in [0.4, 0.5) is 5.82 Å². The lowest BCUT2D eigenvalue weighted by molar-refractivity contribution is -0.389. The van der Waals surface area contributed by atoms with Crippen LogP contribution in [0.3, 0.4) is 0 Å². The lowest BCUT2D eigenvalue weighted by Crippen LogP contribution is -1.91. The average molecular weight is 206 g/mol. The van der Waals surface area contributed by atoms with Gasteiger partial charge < -0.3 is 14.9 Å². The Morgan fingerprint density at radius 3 is 2.73 bits per heavy atom. The van der Waals surface area contributed by atoms with Crippen molar-refractivity contribution in [3.63, 3.8) is 0 Å². The molecule has 0 aliphatic heterocycles. The van der Waals surface area contributed by atoms with E-state index in [1.807, 2.05) is 0 Å². The van der Waals surface area contributed by atoms with Gasteiger partial charge in [-0.1, -0.05) is 0 Å². The van der Waals surface area contributed by atoms with Crippen molar-refractivity contribution in [3.05, 3.63) is 40.8 Å². The number of pyridine rings is 1. The minimum Gasteiger partial charge on any atom is -0.450 e. The van der Waals surface area contributed by atoms with Crippen LogP contribution >= 0.6 is 0 Å². The largest absolute Gasteiger partial charge is 0.450 e. The van der Waals surface area contributed by atoms with Gasteiger partial charge >= 0.3 is 5.82 Å². The Morgan fingerprint density at radius 2 is 2.20 bits per heavy atom. The Labute approximate surface area is 83.9 Å². The summed E-state index contributed by atoms with van der Waals surface area (Å²) in [5.41, 5.74) is 0. The highest BCUT2D eigenvalue weighted by molar-refractivity contribution is 5.30. The highest BCUT2D eigenvalue weighted by Gasteiger charge is 2.07. The summed E-state index contributed by atoms with van der Waals surface area (Å²) in [6, 6.07) is 2.74. The van der Waals surface area contributed by atoms with Gasteiger partial charge in [-0.3, -0.25) is 5.10 Å². The first kappa shape index (κ1) is 9.13. The van der Waals surface area contributed by atoms with Crippen LogP contribution in [0.2, 0.25) is 0 Å². The number of ether oxygens (including phenoxy) is 1. The lowest BCUT2D eigenvalue weighted by Gasteiger charge is -1.98. The summed E-state index contributed by atoms with van der Waals surface area (Å²) in [4.78, 5) is 13.4. The normalized spacial score (nSPS) is 9.87. The fourth-order valence-corrected chi connectivity index (χ4v) is 0.972. The van der Waals surface area contributed by atoms with Gasteiger partial charge in [0.25, 0.3) is 0 Å². The molecule has 0 saturated heterocycles. The molecule has 1 N–H and O–H groups in total. The van der Waals surface area contributed by atoms with E-state index >= 15 is 0 Å². The third-order valence-corrected chi connectivity index (χ3v) is 1.62. The topological polar surface area (TPSA) is 93.9 Å². The zero-order valence-electron chi connectivity index (χ0n) is 7.45. The second kappa shape index (κ2) is 3.74. The molecule has 0 aliphatic rings. The monoisotopic (exact) mass is 206 g/mol. The maximum atomic E-state index is 10.3. The van der Waals surface area contributed by atoms with E-state index in [0.29, 0.717) is 11.5 Å². The fraction of sp³-hybridized carbons (Fsp3) is 0. The summed E-state index contributed by atoms with van der Waals surface area (Å²) in [7, 11) is 0. The maximum absolute atomic E-state index is 10.3. The Hall–Kier alpha value is -2.44. The number of nitrogens with zero attached hydrogens (tertiary/aromatic N) is 3. The molecule has 0 saturated carbocycles. The SMILES string of the molecule is O=[N+]([O-])c1ccc(Oc2cn[nH]c2)cn1. The molecule has 0 atom stereocenters. The van der Waals surface area contributed by atoms with Crippen molar-refractivity contribution in [2.75, 3.05) is 0 Å². The first-order chi connectivity index (χ1) is 7.25. The number of aromatic amines is 1. The van der Waals surface area contributed by atoms with Gasteiger partial charge in [0, 0.05) is 6.07 Å². The van der Waals surface area contributed by atoms with E-state index in [4.69, 9.17) is 4.74 Å². The molecule has 0 aromatic carbocycles. The molecule has 7 nitrogen and oxygen atoms in total. The Bertz CT molecular complexity index is 451. The van der Waals surface area contributed by atoms with Crippen LogP contribution in [-0.4, -0.2) is 20.1 Å². The highest BCUT2D eigenvalue weighted by atomic mass is 16.6. The van der Waals surface area contributed by atoms with E-state index in [1.165, 1.54) is 24.5 Å². The molecule has 2 rings (SSSR count). The van der Waals surface area contributed by atoms with Crippen LogP contribution in [0.1, 0.15) is 0 Å². The summed E-state index contributed by atoms with van der Waals surface area (Å²) in [5.74, 6) is 0.724. The molecule has 0 bridgehead atoms. The lowest BCUT2D eigenvalue weighted by atomic mass is 10.4. The van der Waals surface area contributed by atoms with Gasteiger partial charge in [0.2, 0.25) is 0 Å². The molecule has 0 fully saturated rings. The molecule has 2 aromatic heterocycles. The van der Waals surface area contributed by atoms with Crippen LogP contribution in [-0.2, 0) is 0 Å². The van der Waals surface area contributed by atoms with Gasteiger partial charge in [0.1, 0.15) is 0 Å². The predicted molar refractivity (Wildman–Crippen MR) is 49.6 cm³/mol. The Kier molecular flexibility index (Phi) is 2.28. The maximum Gasteiger partial charge on any atom is 0.363 e. The van der Waals surface area contributed by atoms with E-state index in [-0.39, 0.29) is 5.82 Å². The van der Waals surface area contributed by atoms with Crippen molar-refractivity contribution >= 4 is 5.82 Å². The minimum absolute atomic E-state index is 0.213.